The first-order valence-electron chi connectivity index (χ1n) is 10.1. The lowest BCUT2D eigenvalue weighted by Gasteiger charge is -2.13. The van der Waals surface area contributed by atoms with Crippen LogP contribution >= 0.6 is 24.0 Å². The number of hydrogen-bond acceptors (Lipinski definition) is 4. The zero-order valence-corrected chi connectivity index (χ0v) is 20.6. The number of ether oxygens (including phenoxy) is 1. The highest BCUT2D eigenvalue weighted by atomic mass is 127. The lowest BCUT2D eigenvalue weighted by atomic mass is 10.2. The molecule has 32 heavy (non-hydrogen) atoms. The predicted octanol–water partition coefficient (Wildman–Crippen LogP) is 3.19. The Bertz CT molecular complexity index is 990. The van der Waals surface area contributed by atoms with Crippen LogP contribution in [0.15, 0.2) is 72.0 Å². The van der Waals surface area contributed by atoms with Crippen LogP contribution < -0.4 is 20.7 Å². The molecule has 0 aliphatic heterocycles. The number of aliphatic imine (C=N–C) groups is 1. The van der Waals surface area contributed by atoms with Crippen molar-refractivity contribution in [2.45, 2.75) is 20.0 Å². The quantitative estimate of drug-likeness (QED) is 0.165. The summed E-state index contributed by atoms with van der Waals surface area (Å²) in [6.07, 6.45) is 3.40. The van der Waals surface area contributed by atoms with Crippen molar-refractivity contribution >= 4 is 41.5 Å². The summed E-state index contributed by atoms with van der Waals surface area (Å²) in [7, 11) is 1.72. The van der Waals surface area contributed by atoms with Crippen LogP contribution in [0.2, 0.25) is 0 Å². The normalized spacial score (nSPS) is 10.8. The van der Waals surface area contributed by atoms with E-state index in [0.29, 0.717) is 25.7 Å². The van der Waals surface area contributed by atoms with E-state index in [-0.39, 0.29) is 36.4 Å². The lowest BCUT2D eigenvalue weighted by molar-refractivity contribution is -0.116. The molecule has 1 heterocycles. The Hall–Kier alpha value is -3.08. The summed E-state index contributed by atoms with van der Waals surface area (Å²) in [5.74, 6) is 1.40. The molecule has 9 heteroatoms. The molecule has 0 aliphatic carbocycles. The molecule has 8 nitrogen and oxygen atoms in total. The number of halogens is 1. The van der Waals surface area contributed by atoms with Crippen LogP contribution in [0.4, 0.5) is 5.69 Å². The fourth-order valence-corrected chi connectivity index (χ4v) is 2.88. The molecule has 0 fully saturated rings. The first kappa shape index (κ1) is 25.2. The topological polar surface area (TPSA) is 92.6 Å². The highest BCUT2D eigenvalue weighted by Crippen LogP contribution is 2.11. The molecule has 1 amide bonds. The number of aryl methyl sites for hydroxylation is 1. The molecule has 0 unspecified atom stereocenters. The van der Waals surface area contributed by atoms with Gasteiger partial charge in [-0.25, -0.2) is 0 Å². The van der Waals surface area contributed by atoms with Crippen LogP contribution in [0, 0.1) is 6.92 Å². The molecule has 0 bridgehead atoms. The van der Waals surface area contributed by atoms with Crippen LogP contribution in [0.25, 0.3) is 0 Å². The van der Waals surface area contributed by atoms with Crippen molar-refractivity contribution in [2.24, 2.45) is 4.99 Å². The molecule has 0 radical (unpaired) electrons. The maximum atomic E-state index is 12.1. The van der Waals surface area contributed by atoms with Gasteiger partial charge in [0.05, 0.1) is 6.54 Å². The molecule has 0 spiro atoms. The Balaban J connectivity index is 0.00000363. The zero-order valence-electron chi connectivity index (χ0n) is 18.2. The maximum absolute atomic E-state index is 12.1. The molecule has 3 aromatic rings. The number of carbonyl (C=O) groups is 1. The van der Waals surface area contributed by atoms with E-state index in [9.17, 15) is 4.79 Å². The Labute approximate surface area is 205 Å². The summed E-state index contributed by atoms with van der Waals surface area (Å²) in [6.45, 7) is 3.95. The Morgan fingerprint density at radius 2 is 1.94 bits per heavy atom. The minimum absolute atomic E-state index is 0. The van der Waals surface area contributed by atoms with Gasteiger partial charge in [-0.3, -0.25) is 14.5 Å². The highest BCUT2D eigenvalue weighted by molar-refractivity contribution is 14.0. The van der Waals surface area contributed by atoms with Gasteiger partial charge in [-0.05, 0) is 42.8 Å². The smallest absolute Gasteiger partial charge is 0.246 e. The van der Waals surface area contributed by atoms with Crippen molar-refractivity contribution in [1.82, 2.24) is 20.4 Å². The number of carbonyl (C=O) groups excluding carboxylic acids is 1. The van der Waals surface area contributed by atoms with Gasteiger partial charge in [-0.1, -0.05) is 29.8 Å². The summed E-state index contributed by atoms with van der Waals surface area (Å²) in [5.41, 5.74) is 2.97. The van der Waals surface area contributed by atoms with Crippen LogP contribution in [0.5, 0.6) is 5.75 Å². The number of rotatable bonds is 9. The Morgan fingerprint density at radius 1 is 1.12 bits per heavy atom. The number of aromatic nitrogens is 2. The molecule has 2 aromatic carbocycles. The third-order valence-electron chi connectivity index (χ3n) is 4.44. The minimum atomic E-state index is -0.125. The van der Waals surface area contributed by atoms with Gasteiger partial charge in [0.25, 0.3) is 0 Å². The summed E-state index contributed by atoms with van der Waals surface area (Å²) < 4.78 is 7.30. The van der Waals surface area contributed by atoms with E-state index in [4.69, 9.17) is 4.74 Å². The summed E-state index contributed by atoms with van der Waals surface area (Å²) >= 11 is 0. The summed E-state index contributed by atoms with van der Waals surface area (Å²) in [4.78, 5) is 16.4. The van der Waals surface area contributed by atoms with E-state index >= 15 is 0 Å². The highest BCUT2D eigenvalue weighted by Gasteiger charge is 2.05. The first-order chi connectivity index (χ1) is 15.1. The average Bonchev–Trinajstić information content (AvgIpc) is 3.27. The molecule has 3 N–H and O–H groups in total. The molecule has 3 rings (SSSR count). The SMILES string of the molecule is CN=C(NCCOc1ccc(C)cc1)NCc1cccc(NC(=O)Cn2cccn2)c1.I. The largest absolute Gasteiger partial charge is 0.492 e. The molecule has 1 aromatic heterocycles. The second-order valence-electron chi connectivity index (χ2n) is 6.97. The van der Waals surface area contributed by atoms with Gasteiger partial charge < -0.3 is 20.7 Å². The van der Waals surface area contributed by atoms with Crippen molar-refractivity contribution in [3.8, 4) is 5.75 Å². The van der Waals surface area contributed by atoms with Gasteiger partial charge in [-0.2, -0.15) is 5.10 Å². The van der Waals surface area contributed by atoms with Crippen LogP contribution in [0.1, 0.15) is 11.1 Å². The Kier molecular flexibility index (Phi) is 10.5. The molecule has 0 saturated heterocycles. The molecular formula is C23H29IN6O2. The van der Waals surface area contributed by atoms with Crippen molar-refractivity contribution in [3.05, 3.63) is 78.1 Å². The number of nitrogens with zero attached hydrogens (tertiary/aromatic N) is 3. The van der Waals surface area contributed by atoms with E-state index in [0.717, 1.165) is 17.0 Å². The Morgan fingerprint density at radius 3 is 2.66 bits per heavy atom. The fraction of sp³-hybridized carbons (Fsp3) is 0.261. The number of benzene rings is 2. The van der Waals surface area contributed by atoms with Crippen LogP contribution in [0.3, 0.4) is 0 Å². The number of amides is 1. The molecule has 170 valence electrons. The minimum Gasteiger partial charge on any atom is -0.492 e. The van der Waals surface area contributed by atoms with Gasteiger partial charge in [0.1, 0.15) is 18.9 Å². The zero-order chi connectivity index (χ0) is 21.9. The van der Waals surface area contributed by atoms with Crippen molar-refractivity contribution in [2.75, 3.05) is 25.5 Å². The van der Waals surface area contributed by atoms with E-state index in [1.165, 1.54) is 5.56 Å². The molecule has 0 atom stereocenters. The van der Waals surface area contributed by atoms with Crippen molar-refractivity contribution in [1.29, 1.82) is 0 Å². The number of hydrogen-bond donors (Lipinski definition) is 3. The van der Waals surface area contributed by atoms with Crippen molar-refractivity contribution < 1.29 is 9.53 Å². The third-order valence-corrected chi connectivity index (χ3v) is 4.44. The molecule has 0 saturated carbocycles. The van der Waals surface area contributed by atoms with Crippen molar-refractivity contribution in [3.63, 3.8) is 0 Å². The van der Waals surface area contributed by atoms with Gasteiger partial charge in [0.2, 0.25) is 5.91 Å². The third kappa shape index (κ3) is 8.58. The fourth-order valence-electron chi connectivity index (χ4n) is 2.88. The second kappa shape index (κ2) is 13.4. The van der Waals surface area contributed by atoms with E-state index in [2.05, 4.69) is 26.0 Å². The predicted molar refractivity (Wildman–Crippen MR) is 138 cm³/mol. The lowest BCUT2D eigenvalue weighted by Crippen LogP contribution is -2.38. The van der Waals surface area contributed by atoms with Gasteiger partial charge in [-0.15, -0.1) is 24.0 Å². The second-order valence-corrected chi connectivity index (χ2v) is 6.97. The maximum Gasteiger partial charge on any atom is 0.246 e. The number of nitrogens with one attached hydrogen (secondary N) is 3. The van der Waals surface area contributed by atoms with Crippen LogP contribution in [-0.4, -0.2) is 41.8 Å². The average molecular weight is 548 g/mol. The standard InChI is InChI=1S/C23H28N6O2.HI/c1-18-7-9-21(10-8-18)31-14-12-25-23(24-2)26-16-19-5-3-6-20(15-19)28-22(30)17-29-13-4-11-27-29;/h3-11,13,15H,12,14,16-17H2,1-2H3,(H,28,30)(H2,24,25,26);1H. The number of anilines is 1. The molecule has 0 aliphatic rings. The van der Waals surface area contributed by atoms with Gasteiger partial charge in [0.15, 0.2) is 5.96 Å². The monoisotopic (exact) mass is 548 g/mol. The van der Waals surface area contributed by atoms with E-state index in [1.807, 2.05) is 55.5 Å². The molecular weight excluding hydrogens is 519 g/mol. The van der Waals surface area contributed by atoms with E-state index in [1.54, 1.807) is 30.2 Å². The van der Waals surface area contributed by atoms with Gasteiger partial charge in [0, 0.05) is 31.7 Å². The van der Waals surface area contributed by atoms with Gasteiger partial charge >= 0.3 is 0 Å². The van der Waals surface area contributed by atoms with Crippen LogP contribution in [-0.2, 0) is 17.9 Å². The number of guanidine groups is 1. The first-order valence-corrected chi connectivity index (χ1v) is 10.1. The van der Waals surface area contributed by atoms with E-state index < -0.39 is 0 Å². The summed E-state index contributed by atoms with van der Waals surface area (Å²) in [6, 6.07) is 17.5. The summed E-state index contributed by atoms with van der Waals surface area (Å²) in [5, 5.41) is 13.4.